The largest absolute Gasteiger partial charge is 0.211 e. The predicted molar refractivity (Wildman–Crippen MR) is 83.8 cm³/mol. The molecule has 104 valence electrons. The summed E-state index contributed by atoms with van der Waals surface area (Å²) in [5.74, 6) is 0. The molecule has 0 atom stereocenters. The number of rotatable bonds is 2. The lowest BCUT2D eigenvalue weighted by Crippen LogP contribution is -2.30. The van der Waals surface area contributed by atoms with E-state index in [1.54, 1.807) is 0 Å². The first-order chi connectivity index (χ1) is 8.66. The van der Waals surface area contributed by atoms with Crippen molar-refractivity contribution in [3.63, 3.8) is 0 Å². The maximum Gasteiger partial charge on any atom is 0.211 e. The summed E-state index contributed by atoms with van der Waals surface area (Å²) in [5, 5.41) is 0. The molecule has 0 saturated heterocycles. The lowest BCUT2D eigenvalue weighted by molar-refractivity contribution is -0.512. The van der Waals surface area contributed by atoms with Gasteiger partial charge in [-0.2, -0.15) is 4.58 Å². The van der Waals surface area contributed by atoms with Crippen LogP contribution in [-0.2, 0) is 6.42 Å². The fraction of sp³-hybridized carbons (Fsp3) is 0.611. The van der Waals surface area contributed by atoms with Gasteiger partial charge in [0.15, 0.2) is 11.8 Å². The lowest BCUT2D eigenvalue weighted by Gasteiger charge is -2.21. The van der Waals surface area contributed by atoms with Gasteiger partial charge < -0.3 is 0 Å². The highest BCUT2D eigenvalue weighted by Gasteiger charge is 2.46. The summed E-state index contributed by atoms with van der Waals surface area (Å²) in [5.41, 5.74) is 6.16. The van der Waals surface area contributed by atoms with Crippen molar-refractivity contribution in [1.82, 2.24) is 0 Å². The molecule has 2 rings (SSSR count). The minimum atomic E-state index is 0.202. The van der Waals surface area contributed by atoms with Crippen LogP contribution in [0, 0.1) is 19.3 Å². The van der Waals surface area contributed by atoms with Gasteiger partial charge in [-0.15, -0.1) is 0 Å². The third kappa shape index (κ3) is 2.61. The molecule has 0 saturated carbocycles. The molecule has 0 bridgehead atoms. The van der Waals surface area contributed by atoms with E-state index in [4.69, 9.17) is 0 Å². The molecule has 1 nitrogen and oxygen atoms in total. The smallest absolute Gasteiger partial charge is 0.197 e. The number of nitrogens with zero attached hydrogens (tertiary/aromatic N) is 1. The quantitative estimate of drug-likeness (QED) is 0.671. The van der Waals surface area contributed by atoms with Crippen molar-refractivity contribution in [3.05, 3.63) is 28.8 Å². The van der Waals surface area contributed by atoms with Gasteiger partial charge >= 0.3 is 0 Å². The molecule has 0 aliphatic carbocycles. The Morgan fingerprint density at radius 2 is 1.74 bits per heavy atom. The summed E-state index contributed by atoms with van der Waals surface area (Å²) < 4.78 is 2.53. The van der Waals surface area contributed by atoms with Gasteiger partial charge in [0.2, 0.25) is 5.69 Å². The molecular weight excluding hydrogens is 230 g/mol. The summed E-state index contributed by atoms with van der Waals surface area (Å²) in [6, 6.07) is 4.65. The number of hydrogen-bond donors (Lipinski definition) is 0. The van der Waals surface area contributed by atoms with E-state index in [0.717, 1.165) is 6.42 Å². The molecule has 1 aromatic carbocycles. The van der Waals surface area contributed by atoms with Crippen LogP contribution in [0.1, 0.15) is 57.7 Å². The molecule has 1 aliphatic rings. The van der Waals surface area contributed by atoms with Gasteiger partial charge in [0.05, 0.1) is 0 Å². The van der Waals surface area contributed by atoms with Crippen LogP contribution in [0.3, 0.4) is 0 Å². The van der Waals surface area contributed by atoms with E-state index < -0.39 is 0 Å². The van der Waals surface area contributed by atoms with Crippen LogP contribution in [0.15, 0.2) is 12.1 Å². The van der Waals surface area contributed by atoms with Crippen molar-refractivity contribution in [2.24, 2.45) is 5.41 Å². The van der Waals surface area contributed by atoms with Crippen LogP contribution < -0.4 is 0 Å². The third-order valence-electron chi connectivity index (χ3n) is 4.16. The summed E-state index contributed by atoms with van der Waals surface area (Å²) in [6.45, 7) is 16.1. The molecular formula is C18H28N+. The van der Waals surface area contributed by atoms with Crippen LogP contribution >= 0.6 is 0 Å². The molecule has 19 heavy (non-hydrogen) atoms. The van der Waals surface area contributed by atoms with Gasteiger partial charge in [-0.3, -0.25) is 0 Å². The Bertz CT molecular complexity index is 533. The Morgan fingerprint density at radius 1 is 1.11 bits per heavy atom. The Labute approximate surface area is 118 Å². The monoisotopic (exact) mass is 258 g/mol. The highest BCUT2D eigenvalue weighted by atomic mass is 15.1. The highest BCUT2D eigenvalue weighted by molar-refractivity contribution is 5.65. The van der Waals surface area contributed by atoms with Gasteiger partial charge in [-0.05, 0) is 32.4 Å². The first-order valence-electron chi connectivity index (χ1n) is 7.42. The fourth-order valence-corrected chi connectivity index (χ4v) is 3.80. The standard InChI is InChI=1S/C18H28N/c1-8-15-10-13(2)9-14(3)16(15)19-12-17(4,5)11-18(19,6)7/h9-10,12H,8,11H2,1-7H3/q+1. The van der Waals surface area contributed by atoms with Crippen molar-refractivity contribution < 1.29 is 4.58 Å². The molecule has 0 spiro atoms. The molecule has 0 unspecified atom stereocenters. The molecule has 0 amide bonds. The van der Waals surface area contributed by atoms with Gasteiger partial charge in [0.25, 0.3) is 0 Å². The first kappa shape index (κ1) is 14.3. The van der Waals surface area contributed by atoms with E-state index in [1.807, 2.05) is 0 Å². The van der Waals surface area contributed by atoms with Crippen molar-refractivity contribution in [1.29, 1.82) is 0 Å². The highest BCUT2D eigenvalue weighted by Crippen LogP contribution is 2.41. The minimum Gasteiger partial charge on any atom is -0.197 e. The van der Waals surface area contributed by atoms with Crippen molar-refractivity contribution >= 4 is 11.9 Å². The van der Waals surface area contributed by atoms with Crippen LogP contribution in [0.2, 0.25) is 0 Å². The number of aryl methyl sites for hydroxylation is 3. The van der Waals surface area contributed by atoms with Crippen molar-refractivity contribution in [2.75, 3.05) is 0 Å². The summed E-state index contributed by atoms with van der Waals surface area (Å²) >= 11 is 0. The maximum atomic E-state index is 2.53. The Hall–Kier alpha value is -1.11. The zero-order valence-corrected chi connectivity index (χ0v) is 13.6. The van der Waals surface area contributed by atoms with Gasteiger partial charge in [-0.25, -0.2) is 0 Å². The van der Waals surface area contributed by atoms with Gasteiger partial charge in [0, 0.05) is 36.8 Å². The van der Waals surface area contributed by atoms with E-state index in [9.17, 15) is 0 Å². The SMILES string of the molecule is CCc1cc(C)cc(C)c1[N+]1=CC(C)(C)CC1(C)C. The van der Waals surface area contributed by atoms with Crippen molar-refractivity contribution in [2.45, 2.75) is 66.8 Å². The zero-order chi connectivity index (χ0) is 14.4. The molecule has 0 radical (unpaired) electrons. The lowest BCUT2D eigenvalue weighted by atomic mass is 9.85. The van der Waals surface area contributed by atoms with E-state index >= 15 is 0 Å². The van der Waals surface area contributed by atoms with Crippen LogP contribution in [0.25, 0.3) is 0 Å². The molecule has 0 N–H and O–H groups in total. The molecule has 1 aromatic rings. The first-order valence-corrected chi connectivity index (χ1v) is 7.42. The molecule has 0 fully saturated rings. The Morgan fingerprint density at radius 3 is 2.21 bits per heavy atom. The summed E-state index contributed by atoms with van der Waals surface area (Å²) in [7, 11) is 0. The summed E-state index contributed by atoms with van der Waals surface area (Å²) in [6.07, 6.45) is 4.74. The maximum absolute atomic E-state index is 2.53. The van der Waals surface area contributed by atoms with Crippen LogP contribution in [-0.4, -0.2) is 16.3 Å². The average molecular weight is 258 g/mol. The van der Waals surface area contributed by atoms with E-state index in [1.165, 1.54) is 28.8 Å². The number of hydrogen-bond acceptors (Lipinski definition) is 0. The Balaban J connectivity index is 2.65. The molecule has 1 heterocycles. The van der Waals surface area contributed by atoms with Gasteiger partial charge in [-0.1, -0.05) is 26.3 Å². The topological polar surface area (TPSA) is 3.01 Å². The van der Waals surface area contributed by atoms with Crippen LogP contribution in [0.5, 0.6) is 0 Å². The second-order valence-electron chi connectivity index (χ2n) is 7.42. The zero-order valence-electron chi connectivity index (χ0n) is 13.6. The average Bonchev–Trinajstić information content (AvgIpc) is 2.45. The van der Waals surface area contributed by atoms with Gasteiger partial charge in [0.1, 0.15) is 0 Å². The molecule has 0 aromatic heterocycles. The van der Waals surface area contributed by atoms with Crippen molar-refractivity contribution in [3.8, 4) is 0 Å². The second-order valence-corrected chi connectivity index (χ2v) is 7.42. The normalized spacial score (nSPS) is 20.5. The minimum absolute atomic E-state index is 0.202. The summed E-state index contributed by atoms with van der Waals surface area (Å²) in [4.78, 5) is 0. The third-order valence-corrected chi connectivity index (χ3v) is 4.16. The fourth-order valence-electron chi connectivity index (χ4n) is 3.80. The molecule has 1 heteroatoms. The van der Waals surface area contributed by atoms with Crippen LogP contribution in [0.4, 0.5) is 5.69 Å². The predicted octanol–water partition coefficient (Wildman–Crippen LogP) is 4.79. The van der Waals surface area contributed by atoms with E-state index in [2.05, 4.69) is 71.4 Å². The second kappa shape index (κ2) is 4.47. The molecule has 1 aliphatic heterocycles. The van der Waals surface area contributed by atoms with E-state index in [0.29, 0.717) is 0 Å². The number of benzene rings is 1. The Kier molecular flexibility index (Phi) is 3.36. The van der Waals surface area contributed by atoms with E-state index in [-0.39, 0.29) is 11.0 Å².